The lowest BCUT2D eigenvalue weighted by Crippen LogP contribution is -2.62. The molecule has 3 fully saturated rings. The smallest absolute Gasteiger partial charge is 0.127 e. The normalized spacial score (nSPS) is 30.9. The van der Waals surface area contributed by atoms with Crippen LogP contribution in [0.15, 0.2) is 0 Å². The minimum atomic E-state index is 0.0764. The molecule has 3 saturated heterocycles. The molecule has 3 aliphatic heterocycles. The number of likely N-dealkylation sites (N-methyl/N-ethyl adjacent to an activating group) is 1. The first-order chi connectivity index (χ1) is 9.13. The fraction of sp³-hybridized carbons (Fsp3) is 0.929. The van der Waals surface area contributed by atoms with E-state index in [9.17, 15) is 0 Å². The van der Waals surface area contributed by atoms with Gasteiger partial charge in [0.1, 0.15) is 5.60 Å². The average molecular weight is 267 g/mol. The first-order valence-corrected chi connectivity index (χ1v) is 7.12. The molecule has 0 radical (unpaired) electrons. The molecule has 5 nitrogen and oxygen atoms in total. The lowest BCUT2D eigenvalue weighted by molar-refractivity contribution is -0.235. The predicted molar refractivity (Wildman–Crippen MR) is 72.8 cm³/mol. The summed E-state index contributed by atoms with van der Waals surface area (Å²) >= 11 is 0. The van der Waals surface area contributed by atoms with Gasteiger partial charge >= 0.3 is 0 Å². The van der Waals surface area contributed by atoms with Gasteiger partial charge in [0, 0.05) is 19.6 Å². The quantitative estimate of drug-likeness (QED) is 0.642. The number of likely N-dealkylation sites (tertiary alicyclic amines) is 1. The largest absolute Gasteiger partial charge is 0.375 e. The van der Waals surface area contributed by atoms with E-state index in [0.717, 1.165) is 52.4 Å². The van der Waals surface area contributed by atoms with E-state index in [1.54, 1.807) is 0 Å². The molecule has 1 atom stereocenters. The molecule has 3 rings (SSSR count). The van der Waals surface area contributed by atoms with Crippen LogP contribution < -0.4 is 0 Å². The van der Waals surface area contributed by atoms with E-state index in [1.165, 1.54) is 6.42 Å². The second kappa shape index (κ2) is 6.67. The van der Waals surface area contributed by atoms with Crippen molar-refractivity contribution in [3.63, 3.8) is 0 Å². The Labute approximate surface area is 116 Å². The highest BCUT2D eigenvalue weighted by Crippen LogP contribution is 2.25. The van der Waals surface area contributed by atoms with Gasteiger partial charge in [-0.1, -0.05) is 0 Å². The summed E-state index contributed by atoms with van der Waals surface area (Å²) in [6, 6.07) is 2.29. The zero-order chi connectivity index (χ0) is 13.7. The number of morpholine rings is 1. The Morgan fingerprint density at radius 3 is 2.42 bits per heavy atom. The Kier molecular flexibility index (Phi) is 5.17. The Morgan fingerprint density at radius 1 is 1.21 bits per heavy atom. The molecular formula is C14H25N3O2. The third-order valence-electron chi connectivity index (χ3n) is 3.98. The van der Waals surface area contributed by atoms with Crippen molar-refractivity contribution in [3.8, 4) is 6.07 Å². The van der Waals surface area contributed by atoms with Gasteiger partial charge in [0.05, 0.1) is 31.8 Å². The summed E-state index contributed by atoms with van der Waals surface area (Å²) in [4.78, 5) is 4.52. The minimum Gasteiger partial charge on any atom is -0.375 e. The number of hydrogen-bond donors (Lipinski definition) is 0. The second-order valence-electron chi connectivity index (χ2n) is 5.99. The Bertz CT molecular complexity index is 325. The van der Waals surface area contributed by atoms with Gasteiger partial charge in [-0.2, -0.15) is 5.26 Å². The van der Waals surface area contributed by atoms with Crippen molar-refractivity contribution in [2.45, 2.75) is 18.4 Å². The molecule has 5 heteroatoms. The molecule has 19 heavy (non-hydrogen) atoms. The minimum absolute atomic E-state index is 0.0764. The molecule has 0 aromatic carbocycles. The molecule has 0 aromatic heterocycles. The lowest BCUT2D eigenvalue weighted by atomic mass is 10.0. The molecule has 108 valence electrons. The highest BCUT2D eigenvalue weighted by atomic mass is 16.6. The van der Waals surface area contributed by atoms with Gasteiger partial charge in [-0.05, 0) is 33.5 Å². The van der Waals surface area contributed by atoms with Gasteiger partial charge in [0.25, 0.3) is 0 Å². The fourth-order valence-electron chi connectivity index (χ4n) is 2.81. The zero-order valence-corrected chi connectivity index (χ0v) is 12.1. The van der Waals surface area contributed by atoms with Gasteiger partial charge in [-0.25, -0.2) is 0 Å². The summed E-state index contributed by atoms with van der Waals surface area (Å²) in [5, 5.41) is 8.53. The molecular weight excluding hydrogens is 242 g/mol. The maximum absolute atomic E-state index is 8.53. The van der Waals surface area contributed by atoms with Gasteiger partial charge in [0.2, 0.25) is 0 Å². The van der Waals surface area contributed by atoms with Crippen molar-refractivity contribution in [2.75, 3.05) is 60.1 Å². The van der Waals surface area contributed by atoms with Crippen LogP contribution in [-0.4, -0.2) is 75.5 Å². The Morgan fingerprint density at radius 2 is 2.00 bits per heavy atom. The summed E-state index contributed by atoms with van der Waals surface area (Å²) < 4.78 is 10.7. The lowest BCUT2D eigenvalue weighted by Gasteiger charge is -2.46. The summed E-state index contributed by atoms with van der Waals surface area (Å²) in [5.74, 6) is 0.295. The Balaban J connectivity index is 0.000000141. The second-order valence-corrected chi connectivity index (χ2v) is 5.99. The van der Waals surface area contributed by atoms with Gasteiger partial charge in [-0.3, -0.25) is 0 Å². The van der Waals surface area contributed by atoms with Gasteiger partial charge in [-0.15, -0.1) is 0 Å². The Hall–Kier alpha value is -0.670. The standard InChI is InChI=1S/C7H12N2.C7H13NO2/c1-9-4-2-3-7(5-8)6-9;1-8-2-3-10-7(4-8)5-9-6-7/h7H,2-4,6H2,1H3;2-6H2,1H3. The fourth-order valence-corrected chi connectivity index (χ4v) is 2.81. The van der Waals surface area contributed by atoms with E-state index in [1.807, 2.05) is 0 Å². The van der Waals surface area contributed by atoms with Crippen molar-refractivity contribution < 1.29 is 9.47 Å². The first kappa shape index (κ1) is 14.7. The van der Waals surface area contributed by atoms with Crippen molar-refractivity contribution in [1.82, 2.24) is 9.80 Å². The molecule has 1 spiro atoms. The summed E-state index contributed by atoms with van der Waals surface area (Å²) in [6.45, 7) is 6.66. The first-order valence-electron chi connectivity index (χ1n) is 7.12. The van der Waals surface area contributed by atoms with E-state index in [0.29, 0.717) is 5.92 Å². The number of nitriles is 1. The molecule has 3 heterocycles. The van der Waals surface area contributed by atoms with E-state index in [2.05, 4.69) is 30.0 Å². The van der Waals surface area contributed by atoms with Gasteiger partial charge < -0.3 is 19.3 Å². The molecule has 0 saturated carbocycles. The zero-order valence-electron chi connectivity index (χ0n) is 12.1. The van der Waals surface area contributed by atoms with Crippen LogP contribution in [0.5, 0.6) is 0 Å². The molecule has 0 bridgehead atoms. The molecule has 1 unspecified atom stereocenters. The van der Waals surface area contributed by atoms with Crippen LogP contribution in [0.3, 0.4) is 0 Å². The number of ether oxygens (including phenoxy) is 2. The molecule has 0 aliphatic carbocycles. The van der Waals surface area contributed by atoms with Crippen LogP contribution in [0.2, 0.25) is 0 Å². The highest BCUT2D eigenvalue weighted by Gasteiger charge is 2.42. The van der Waals surface area contributed by atoms with Crippen LogP contribution in [0, 0.1) is 17.2 Å². The summed E-state index contributed by atoms with van der Waals surface area (Å²) in [5.41, 5.74) is 0.0764. The van der Waals surface area contributed by atoms with Crippen molar-refractivity contribution in [1.29, 1.82) is 5.26 Å². The van der Waals surface area contributed by atoms with E-state index in [-0.39, 0.29) is 5.60 Å². The summed E-state index contributed by atoms with van der Waals surface area (Å²) in [6.07, 6.45) is 2.29. The maximum atomic E-state index is 8.53. The number of nitrogens with zero attached hydrogens (tertiary/aromatic N) is 3. The average Bonchev–Trinajstić information content (AvgIpc) is 2.38. The van der Waals surface area contributed by atoms with Crippen LogP contribution in [0.1, 0.15) is 12.8 Å². The topological polar surface area (TPSA) is 48.7 Å². The molecule has 0 aromatic rings. The van der Waals surface area contributed by atoms with Crippen LogP contribution >= 0.6 is 0 Å². The number of rotatable bonds is 0. The van der Waals surface area contributed by atoms with E-state index < -0.39 is 0 Å². The maximum Gasteiger partial charge on any atom is 0.127 e. The highest BCUT2D eigenvalue weighted by molar-refractivity contribution is 4.92. The van der Waals surface area contributed by atoms with E-state index in [4.69, 9.17) is 14.7 Å². The number of piperidine rings is 1. The van der Waals surface area contributed by atoms with Crippen molar-refractivity contribution in [2.24, 2.45) is 5.92 Å². The predicted octanol–water partition coefficient (Wildman–Crippen LogP) is 0.569. The van der Waals surface area contributed by atoms with Crippen LogP contribution in [-0.2, 0) is 9.47 Å². The molecule has 3 aliphatic rings. The number of hydrogen-bond acceptors (Lipinski definition) is 5. The third kappa shape index (κ3) is 4.15. The van der Waals surface area contributed by atoms with E-state index >= 15 is 0 Å². The molecule has 0 N–H and O–H groups in total. The third-order valence-corrected chi connectivity index (χ3v) is 3.98. The van der Waals surface area contributed by atoms with Gasteiger partial charge in [0.15, 0.2) is 0 Å². The van der Waals surface area contributed by atoms with Crippen molar-refractivity contribution >= 4 is 0 Å². The monoisotopic (exact) mass is 267 g/mol. The van der Waals surface area contributed by atoms with Crippen LogP contribution in [0.25, 0.3) is 0 Å². The SMILES string of the molecule is CN1CCCC(C#N)C1.CN1CCOC2(COC2)C1. The summed E-state index contributed by atoms with van der Waals surface area (Å²) in [7, 11) is 4.20. The van der Waals surface area contributed by atoms with Crippen LogP contribution in [0.4, 0.5) is 0 Å². The van der Waals surface area contributed by atoms with Crippen molar-refractivity contribution in [3.05, 3.63) is 0 Å². The molecule has 0 amide bonds.